The smallest absolute Gasteiger partial charge is 0.277 e. The number of ether oxygens (including phenoxy) is 1. The molecule has 1 aliphatic rings. The third-order valence-electron chi connectivity index (χ3n) is 6.05. The van der Waals surface area contributed by atoms with Crippen molar-refractivity contribution in [3.8, 4) is 11.4 Å². The molecule has 0 saturated heterocycles. The maximum Gasteiger partial charge on any atom is 0.277 e. The van der Waals surface area contributed by atoms with Crippen LogP contribution in [0.15, 0.2) is 47.3 Å². The average molecular weight is 453 g/mol. The molecule has 6 nitrogen and oxygen atoms in total. The Balaban J connectivity index is 1.73. The molecule has 2 atom stereocenters. The number of fused-ring (bicyclic) bond motifs is 1. The Morgan fingerprint density at radius 3 is 2.69 bits per heavy atom. The van der Waals surface area contributed by atoms with Crippen LogP contribution in [0.1, 0.15) is 29.8 Å². The predicted molar refractivity (Wildman–Crippen MR) is 131 cm³/mol. The molecule has 168 valence electrons. The van der Waals surface area contributed by atoms with Gasteiger partial charge in [-0.25, -0.2) is 4.98 Å². The first-order chi connectivity index (χ1) is 15.3. The summed E-state index contributed by atoms with van der Waals surface area (Å²) in [4.78, 5) is 20.2. The van der Waals surface area contributed by atoms with Crippen molar-refractivity contribution in [2.45, 2.75) is 32.4 Å². The number of aromatic nitrogens is 2. The fourth-order valence-electron chi connectivity index (χ4n) is 4.33. The van der Waals surface area contributed by atoms with Gasteiger partial charge in [0.2, 0.25) is 0 Å². The molecular weight excluding hydrogens is 424 g/mol. The summed E-state index contributed by atoms with van der Waals surface area (Å²) >= 11 is 6.56. The molecule has 1 aromatic heterocycles. The van der Waals surface area contributed by atoms with Crippen molar-refractivity contribution < 1.29 is 4.74 Å². The second kappa shape index (κ2) is 8.96. The van der Waals surface area contributed by atoms with E-state index >= 15 is 0 Å². The normalized spacial score (nSPS) is 17.3. The predicted octanol–water partition coefficient (Wildman–Crippen LogP) is 4.59. The Labute approximate surface area is 193 Å². The van der Waals surface area contributed by atoms with Gasteiger partial charge in [0.05, 0.1) is 22.9 Å². The number of aryl methyl sites for hydroxylation is 1. The largest absolute Gasteiger partial charge is 0.378 e. The van der Waals surface area contributed by atoms with Gasteiger partial charge in [0.15, 0.2) is 0 Å². The van der Waals surface area contributed by atoms with E-state index in [1.54, 1.807) is 11.6 Å². The van der Waals surface area contributed by atoms with E-state index in [4.69, 9.17) is 21.3 Å². The Morgan fingerprint density at radius 2 is 2.00 bits per heavy atom. The van der Waals surface area contributed by atoms with E-state index in [1.807, 2.05) is 63.2 Å². The van der Waals surface area contributed by atoms with E-state index in [-0.39, 0.29) is 17.7 Å². The Kier molecular flexibility index (Phi) is 6.26. The number of anilines is 2. The quantitative estimate of drug-likeness (QED) is 0.592. The van der Waals surface area contributed by atoms with Crippen molar-refractivity contribution in [3.05, 3.63) is 74.7 Å². The summed E-state index contributed by atoms with van der Waals surface area (Å²) in [7, 11) is 5.65. The summed E-state index contributed by atoms with van der Waals surface area (Å²) in [5.41, 5.74) is 5.11. The fraction of sp³-hybridized carbons (Fsp3) is 0.360. The zero-order valence-corrected chi connectivity index (χ0v) is 19.9. The van der Waals surface area contributed by atoms with Crippen LogP contribution in [0, 0.1) is 6.92 Å². The number of hydrogen-bond acceptors (Lipinski definition) is 5. The third kappa shape index (κ3) is 4.00. The highest BCUT2D eigenvalue weighted by Gasteiger charge is 2.34. The lowest BCUT2D eigenvalue weighted by Gasteiger charge is -2.24. The van der Waals surface area contributed by atoms with Crippen LogP contribution in [0.3, 0.4) is 0 Å². The zero-order valence-electron chi connectivity index (χ0n) is 19.1. The van der Waals surface area contributed by atoms with Gasteiger partial charge < -0.3 is 15.0 Å². The number of nitrogens with one attached hydrogen (secondary N) is 1. The first-order valence-corrected chi connectivity index (χ1v) is 11.2. The molecule has 2 unspecified atom stereocenters. The molecule has 1 heterocycles. The van der Waals surface area contributed by atoms with Gasteiger partial charge in [0, 0.05) is 45.4 Å². The number of nitrogens with zero attached hydrogens (tertiary/aromatic N) is 3. The highest BCUT2D eigenvalue weighted by Crippen LogP contribution is 2.36. The van der Waals surface area contributed by atoms with Gasteiger partial charge in [-0.3, -0.25) is 9.36 Å². The number of hydrogen-bond donors (Lipinski definition) is 1. The molecule has 0 saturated carbocycles. The Bertz CT molecular complexity index is 1210. The molecule has 3 aromatic rings. The van der Waals surface area contributed by atoms with E-state index in [9.17, 15) is 4.79 Å². The lowest BCUT2D eigenvalue weighted by Crippen LogP contribution is -2.31. The molecule has 0 bridgehead atoms. The first kappa shape index (κ1) is 22.4. The monoisotopic (exact) mass is 452 g/mol. The minimum Gasteiger partial charge on any atom is -0.378 e. The van der Waals surface area contributed by atoms with Crippen molar-refractivity contribution in [1.82, 2.24) is 9.55 Å². The molecular formula is C25H29ClN4O2. The average Bonchev–Trinajstić information content (AvgIpc) is 3.11. The van der Waals surface area contributed by atoms with Crippen molar-refractivity contribution >= 4 is 23.0 Å². The zero-order chi connectivity index (χ0) is 23.0. The van der Waals surface area contributed by atoms with E-state index in [0.29, 0.717) is 28.8 Å². The van der Waals surface area contributed by atoms with Gasteiger partial charge in [-0.05, 0) is 43.2 Å². The minimum absolute atomic E-state index is 0.0331. The summed E-state index contributed by atoms with van der Waals surface area (Å²) in [6.45, 7) is 4.46. The molecule has 1 aliphatic carbocycles. The molecule has 0 fully saturated rings. The second-order valence-electron chi connectivity index (χ2n) is 8.34. The minimum atomic E-state index is -0.139. The van der Waals surface area contributed by atoms with Gasteiger partial charge >= 0.3 is 0 Å². The van der Waals surface area contributed by atoms with Gasteiger partial charge in [0.25, 0.3) is 5.56 Å². The van der Waals surface area contributed by atoms with Crippen LogP contribution in [-0.2, 0) is 18.2 Å². The lowest BCUT2D eigenvalue weighted by molar-refractivity contribution is 0.0574. The molecule has 7 heteroatoms. The highest BCUT2D eigenvalue weighted by molar-refractivity contribution is 6.33. The van der Waals surface area contributed by atoms with E-state index < -0.39 is 0 Å². The third-order valence-corrected chi connectivity index (χ3v) is 6.36. The molecule has 4 rings (SSSR count). The standard InChI is InChI=1S/C25H29ClN4O2/c1-6-32-21-13-16-9-7-8-10-18(16)23(21)28-22-15(2)27-24(30(5)25(22)31)19-12-11-17(29(3)4)14-20(19)26/h7-12,14,21,23,28H,6,13H2,1-5H3. The molecule has 2 aromatic carbocycles. The van der Waals surface area contributed by atoms with Crippen molar-refractivity contribution in [2.75, 3.05) is 30.9 Å². The molecule has 1 N–H and O–H groups in total. The topological polar surface area (TPSA) is 59.4 Å². The SMILES string of the molecule is CCOC1Cc2ccccc2C1Nc1c(C)nc(-c2ccc(N(C)C)cc2Cl)n(C)c1=O. The summed E-state index contributed by atoms with van der Waals surface area (Å²) < 4.78 is 7.56. The second-order valence-corrected chi connectivity index (χ2v) is 8.74. The van der Waals surface area contributed by atoms with Crippen LogP contribution < -0.4 is 15.8 Å². The number of halogens is 1. The van der Waals surface area contributed by atoms with E-state index in [2.05, 4.69) is 17.4 Å². The van der Waals surface area contributed by atoms with Crippen LogP contribution >= 0.6 is 11.6 Å². The van der Waals surface area contributed by atoms with Crippen molar-refractivity contribution in [3.63, 3.8) is 0 Å². The number of rotatable bonds is 6. The molecule has 0 amide bonds. The van der Waals surface area contributed by atoms with Crippen LogP contribution in [0.5, 0.6) is 0 Å². The highest BCUT2D eigenvalue weighted by atomic mass is 35.5. The number of benzene rings is 2. The Hall–Kier alpha value is -2.83. The summed E-state index contributed by atoms with van der Waals surface area (Å²) in [5.74, 6) is 0.543. The lowest BCUT2D eigenvalue weighted by atomic mass is 10.1. The van der Waals surface area contributed by atoms with E-state index in [1.165, 1.54) is 11.1 Å². The molecule has 0 aliphatic heterocycles. The van der Waals surface area contributed by atoms with Gasteiger partial charge in [0.1, 0.15) is 11.5 Å². The van der Waals surface area contributed by atoms with Crippen LogP contribution in [0.25, 0.3) is 11.4 Å². The van der Waals surface area contributed by atoms with Gasteiger partial charge in [-0.15, -0.1) is 0 Å². The fourth-order valence-corrected chi connectivity index (χ4v) is 4.59. The first-order valence-electron chi connectivity index (χ1n) is 10.8. The van der Waals surface area contributed by atoms with Crippen LogP contribution in [-0.4, -0.2) is 36.4 Å². The van der Waals surface area contributed by atoms with Gasteiger partial charge in [-0.1, -0.05) is 35.9 Å². The Morgan fingerprint density at radius 1 is 1.25 bits per heavy atom. The molecule has 32 heavy (non-hydrogen) atoms. The van der Waals surface area contributed by atoms with Crippen molar-refractivity contribution in [1.29, 1.82) is 0 Å². The summed E-state index contributed by atoms with van der Waals surface area (Å²) in [6.07, 6.45) is 0.787. The van der Waals surface area contributed by atoms with Crippen LogP contribution in [0.2, 0.25) is 5.02 Å². The van der Waals surface area contributed by atoms with Crippen LogP contribution in [0.4, 0.5) is 11.4 Å². The summed E-state index contributed by atoms with van der Waals surface area (Å²) in [6, 6.07) is 13.9. The van der Waals surface area contributed by atoms with Gasteiger partial charge in [-0.2, -0.15) is 0 Å². The summed E-state index contributed by atoms with van der Waals surface area (Å²) in [5, 5.41) is 4.02. The maximum atomic E-state index is 13.4. The van der Waals surface area contributed by atoms with Crippen molar-refractivity contribution in [2.24, 2.45) is 7.05 Å². The molecule has 0 spiro atoms. The maximum absolute atomic E-state index is 13.4. The molecule has 0 radical (unpaired) electrons. The van der Waals surface area contributed by atoms with E-state index in [0.717, 1.165) is 17.7 Å².